The van der Waals surface area contributed by atoms with E-state index in [1.165, 1.54) is 7.11 Å². The summed E-state index contributed by atoms with van der Waals surface area (Å²) in [5, 5.41) is 3.54. The number of methoxy groups -OCH3 is 2. The average Bonchev–Trinajstić information content (AvgIpc) is 3.09. The number of carbonyl (C=O) groups is 3. The van der Waals surface area contributed by atoms with Gasteiger partial charge in [0.15, 0.2) is 0 Å². The fraction of sp³-hybridized carbons (Fsp3) is 0.450. The van der Waals surface area contributed by atoms with E-state index in [0.717, 1.165) is 13.1 Å². The van der Waals surface area contributed by atoms with Gasteiger partial charge in [0, 0.05) is 30.3 Å². The third-order valence-corrected chi connectivity index (χ3v) is 5.30. The summed E-state index contributed by atoms with van der Waals surface area (Å²) in [5.41, 5.74) is 6.60. The normalized spacial score (nSPS) is 15.2. The average molecular weight is 402 g/mol. The molecule has 1 aromatic carbocycles. The number of benzene rings is 1. The highest BCUT2D eigenvalue weighted by molar-refractivity contribution is 6.11. The first-order valence-corrected chi connectivity index (χ1v) is 9.52. The predicted molar refractivity (Wildman–Crippen MR) is 108 cm³/mol. The number of carbonyl (C=O) groups excluding carboxylic acids is 3. The molecule has 0 saturated carbocycles. The molecule has 1 aromatic heterocycles. The third kappa shape index (κ3) is 4.68. The molecule has 4 N–H and O–H groups in total. The quantitative estimate of drug-likeness (QED) is 0.602. The number of nitrogens with one attached hydrogen (secondary N) is 2. The molecule has 2 amide bonds. The number of rotatable bonds is 7. The number of nitrogens with zero attached hydrogens (tertiary/aromatic N) is 1. The fourth-order valence-electron chi connectivity index (χ4n) is 3.59. The Labute approximate surface area is 168 Å². The Balaban J connectivity index is 1.68. The smallest absolute Gasteiger partial charge is 0.356 e. The third-order valence-electron chi connectivity index (χ3n) is 5.30. The van der Waals surface area contributed by atoms with E-state index in [0.29, 0.717) is 41.7 Å². The summed E-state index contributed by atoms with van der Waals surface area (Å²) in [4.78, 5) is 41.1. The van der Waals surface area contributed by atoms with E-state index >= 15 is 0 Å². The fourth-order valence-corrected chi connectivity index (χ4v) is 3.59. The Morgan fingerprint density at radius 1 is 1.24 bits per heavy atom. The number of aromatic nitrogens is 1. The molecule has 1 saturated heterocycles. The number of amides is 2. The zero-order valence-electron chi connectivity index (χ0n) is 16.6. The highest BCUT2D eigenvalue weighted by atomic mass is 16.5. The summed E-state index contributed by atoms with van der Waals surface area (Å²) in [6.07, 6.45) is 1.70. The lowest BCUT2D eigenvalue weighted by molar-refractivity contribution is -0.123. The maximum atomic E-state index is 12.6. The molecule has 1 fully saturated rings. The molecule has 0 bridgehead atoms. The minimum absolute atomic E-state index is 0.0779. The molecular weight excluding hydrogens is 376 g/mol. The van der Waals surface area contributed by atoms with Crippen LogP contribution in [0.15, 0.2) is 18.2 Å². The number of hydrogen-bond donors (Lipinski definition) is 3. The van der Waals surface area contributed by atoms with Gasteiger partial charge in [0.05, 0.1) is 25.4 Å². The van der Waals surface area contributed by atoms with Crippen molar-refractivity contribution in [3.63, 3.8) is 0 Å². The molecule has 9 heteroatoms. The van der Waals surface area contributed by atoms with Gasteiger partial charge in [-0.2, -0.15) is 0 Å². The maximum Gasteiger partial charge on any atom is 0.356 e. The molecule has 0 atom stereocenters. The van der Waals surface area contributed by atoms with E-state index in [9.17, 15) is 14.4 Å². The molecule has 1 aliphatic heterocycles. The van der Waals surface area contributed by atoms with E-state index in [1.54, 1.807) is 25.3 Å². The van der Waals surface area contributed by atoms with Gasteiger partial charge in [-0.1, -0.05) is 0 Å². The van der Waals surface area contributed by atoms with Gasteiger partial charge in [-0.3, -0.25) is 9.59 Å². The van der Waals surface area contributed by atoms with E-state index < -0.39 is 5.97 Å². The van der Waals surface area contributed by atoms with Crippen LogP contribution in [0.25, 0.3) is 10.9 Å². The molecule has 0 spiro atoms. The van der Waals surface area contributed by atoms with Gasteiger partial charge in [-0.15, -0.1) is 0 Å². The topological polar surface area (TPSA) is 127 Å². The summed E-state index contributed by atoms with van der Waals surface area (Å²) in [6.45, 7) is 2.05. The standard InChI is InChI=1S/C20H26N4O5/c1-28-13-3-4-14-15(11-13)22-18(20(27)29-2)17(14)23-16(25)7-10-24-8-5-12(6-9-24)19(21)26/h3-4,11-12,22H,5-10H2,1-2H3,(H2,21,26)(H,23,25). The largest absolute Gasteiger partial charge is 0.497 e. The Bertz CT molecular complexity index is 915. The van der Waals surface area contributed by atoms with Crippen LogP contribution in [-0.2, 0) is 14.3 Å². The Hall–Kier alpha value is -3.07. The van der Waals surface area contributed by atoms with Gasteiger partial charge in [-0.25, -0.2) is 4.79 Å². The van der Waals surface area contributed by atoms with Crippen molar-refractivity contribution in [1.82, 2.24) is 9.88 Å². The zero-order chi connectivity index (χ0) is 21.0. The highest BCUT2D eigenvalue weighted by Gasteiger charge is 2.24. The summed E-state index contributed by atoms with van der Waals surface area (Å²) in [5.74, 6) is -0.472. The molecule has 1 aliphatic rings. The van der Waals surface area contributed by atoms with Gasteiger partial charge < -0.3 is 30.4 Å². The number of primary amides is 1. The van der Waals surface area contributed by atoms with Gasteiger partial charge in [-0.05, 0) is 38.1 Å². The molecule has 3 rings (SSSR count). The predicted octanol–water partition coefficient (Wildman–Crippen LogP) is 1.49. The van der Waals surface area contributed by atoms with Crippen molar-refractivity contribution in [3.8, 4) is 5.75 Å². The van der Waals surface area contributed by atoms with E-state index in [4.69, 9.17) is 15.2 Å². The number of aromatic amines is 1. The first-order chi connectivity index (χ1) is 13.9. The summed E-state index contributed by atoms with van der Waals surface area (Å²) in [6, 6.07) is 5.29. The molecule has 2 heterocycles. The molecule has 0 radical (unpaired) electrons. The lowest BCUT2D eigenvalue weighted by Gasteiger charge is -2.30. The summed E-state index contributed by atoms with van der Waals surface area (Å²) < 4.78 is 10.0. The zero-order valence-corrected chi connectivity index (χ0v) is 16.6. The second-order valence-corrected chi connectivity index (χ2v) is 7.09. The number of hydrogen-bond acceptors (Lipinski definition) is 6. The second-order valence-electron chi connectivity index (χ2n) is 7.09. The lowest BCUT2D eigenvalue weighted by atomic mass is 9.96. The Morgan fingerprint density at radius 3 is 2.59 bits per heavy atom. The Morgan fingerprint density at radius 2 is 1.97 bits per heavy atom. The number of fused-ring (bicyclic) bond motifs is 1. The van der Waals surface area contributed by atoms with Crippen molar-refractivity contribution in [1.29, 1.82) is 0 Å². The SMILES string of the molecule is COC(=O)c1[nH]c2cc(OC)ccc2c1NC(=O)CCN1CCC(C(N)=O)CC1. The number of anilines is 1. The van der Waals surface area contributed by atoms with Crippen LogP contribution in [0.4, 0.5) is 5.69 Å². The van der Waals surface area contributed by atoms with Crippen molar-refractivity contribution in [3.05, 3.63) is 23.9 Å². The van der Waals surface area contributed by atoms with Crippen molar-refractivity contribution in [2.75, 3.05) is 39.2 Å². The van der Waals surface area contributed by atoms with E-state index in [2.05, 4.69) is 15.2 Å². The maximum absolute atomic E-state index is 12.6. The monoisotopic (exact) mass is 402 g/mol. The minimum atomic E-state index is -0.566. The van der Waals surface area contributed by atoms with Crippen LogP contribution in [0.2, 0.25) is 0 Å². The van der Waals surface area contributed by atoms with Gasteiger partial charge in [0.25, 0.3) is 0 Å². The molecule has 2 aromatic rings. The van der Waals surface area contributed by atoms with Crippen molar-refractivity contribution < 1.29 is 23.9 Å². The second kappa shape index (κ2) is 8.95. The van der Waals surface area contributed by atoms with Crippen molar-refractivity contribution in [2.24, 2.45) is 11.7 Å². The van der Waals surface area contributed by atoms with Crippen LogP contribution < -0.4 is 15.8 Å². The van der Waals surface area contributed by atoms with Crippen LogP contribution in [0, 0.1) is 5.92 Å². The summed E-state index contributed by atoms with van der Waals surface area (Å²) in [7, 11) is 2.84. The van der Waals surface area contributed by atoms with Crippen LogP contribution in [0.1, 0.15) is 29.8 Å². The van der Waals surface area contributed by atoms with Crippen molar-refractivity contribution >= 4 is 34.4 Å². The van der Waals surface area contributed by atoms with Crippen molar-refractivity contribution in [2.45, 2.75) is 19.3 Å². The van der Waals surface area contributed by atoms with E-state index in [1.807, 2.05) is 0 Å². The molecule has 29 heavy (non-hydrogen) atoms. The van der Waals surface area contributed by atoms with Crippen LogP contribution in [-0.4, -0.2) is 61.5 Å². The minimum Gasteiger partial charge on any atom is -0.497 e. The molecule has 156 valence electrons. The molecule has 0 aliphatic carbocycles. The van der Waals surface area contributed by atoms with Gasteiger partial charge in [0.1, 0.15) is 11.4 Å². The Kier molecular flexibility index (Phi) is 6.38. The van der Waals surface area contributed by atoms with Crippen LogP contribution in [0.5, 0.6) is 5.75 Å². The van der Waals surface area contributed by atoms with Crippen LogP contribution >= 0.6 is 0 Å². The number of nitrogens with two attached hydrogens (primary N) is 1. The molecule has 0 unspecified atom stereocenters. The molecular formula is C20H26N4O5. The van der Waals surface area contributed by atoms with Gasteiger partial charge >= 0.3 is 5.97 Å². The summed E-state index contributed by atoms with van der Waals surface area (Å²) >= 11 is 0. The first-order valence-electron chi connectivity index (χ1n) is 9.52. The first kappa shape index (κ1) is 20.7. The number of H-pyrrole nitrogens is 1. The highest BCUT2D eigenvalue weighted by Crippen LogP contribution is 2.31. The number of esters is 1. The van der Waals surface area contributed by atoms with E-state index in [-0.39, 0.29) is 29.8 Å². The molecule has 9 nitrogen and oxygen atoms in total. The number of likely N-dealkylation sites (tertiary alicyclic amines) is 1. The number of piperidine rings is 1. The lowest BCUT2D eigenvalue weighted by Crippen LogP contribution is -2.39. The van der Waals surface area contributed by atoms with Crippen LogP contribution in [0.3, 0.4) is 0 Å². The van der Waals surface area contributed by atoms with Gasteiger partial charge in [0.2, 0.25) is 11.8 Å². The number of ether oxygens (including phenoxy) is 2.